The largest absolute Gasteiger partial charge is 0.293 e. The number of hydrogen-bond acceptors (Lipinski definition) is 5. The number of carbonyl (C=O) groups excluding carboxylic acids is 1. The highest BCUT2D eigenvalue weighted by Gasteiger charge is 2.44. The maximum Gasteiger partial charge on any atom is 0.249 e. The lowest BCUT2D eigenvalue weighted by atomic mass is 10.1. The summed E-state index contributed by atoms with van der Waals surface area (Å²) >= 11 is 0. The third-order valence-electron chi connectivity index (χ3n) is 3.46. The second kappa shape index (κ2) is 5.16. The van der Waals surface area contributed by atoms with Crippen molar-refractivity contribution in [3.63, 3.8) is 0 Å². The minimum atomic E-state index is -3.50. The Hall–Kier alpha value is -2.29. The monoisotopic (exact) mass is 324 g/mol. The first-order valence-electron chi connectivity index (χ1n) is 6.53. The van der Waals surface area contributed by atoms with Crippen LogP contribution in [0.25, 0.3) is 0 Å². The summed E-state index contributed by atoms with van der Waals surface area (Å²) in [6, 6.07) is 6.13. The van der Waals surface area contributed by atoms with Gasteiger partial charge in [-0.05, 0) is 30.0 Å². The van der Waals surface area contributed by atoms with E-state index in [0.717, 1.165) is 11.8 Å². The van der Waals surface area contributed by atoms with Crippen molar-refractivity contribution in [2.75, 3.05) is 11.6 Å². The summed E-state index contributed by atoms with van der Waals surface area (Å²) in [6.45, 7) is 0. The van der Waals surface area contributed by atoms with Crippen molar-refractivity contribution in [2.24, 2.45) is 5.92 Å². The highest BCUT2D eigenvalue weighted by Crippen LogP contribution is 2.47. The van der Waals surface area contributed by atoms with E-state index in [1.165, 1.54) is 12.1 Å². The van der Waals surface area contributed by atoms with Crippen molar-refractivity contribution < 1.29 is 17.6 Å². The predicted molar refractivity (Wildman–Crippen MR) is 75.4 cm³/mol. The molecular weight excluding hydrogens is 311 g/mol. The van der Waals surface area contributed by atoms with E-state index in [1.807, 2.05) is 0 Å². The maximum absolute atomic E-state index is 13.2. The van der Waals surface area contributed by atoms with E-state index in [4.69, 9.17) is 0 Å². The number of nitrogens with zero attached hydrogens (tertiary/aromatic N) is 2. The second-order valence-electron chi connectivity index (χ2n) is 5.23. The Balaban J connectivity index is 1.66. The molecule has 2 atom stereocenters. The van der Waals surface area contributed by atoms with Gasteiger partial charge in [-0.15, -0.1) is 5.10 Å². The lowest BCUT2D eigenvalue weighted by Gasteiger charge is -2.01. The summed E-state index contributed by atoms with van der Waals surface area (Å²) in [5.74, 6) is -1.06. The van der Waals surface area contributed by atoms with Crippen LogP contribution in [0.2, 0.25) is 0 Å². The number of rotatable bonds is 4. The minimum absolute atomic E-state index is 0.0379. The van der Waals surface area contributed by atoms with Gasteiger partial charge in [-0.3, -0.25) is 10.1 Å². The molecule has 2 aromatic rings. The molecule has 1 amide bonds. The average Bonchev–Trinajstić information content (AvgIpc) is 3.10. The molecule has 0 bridgehead atoms. The van der Waals surface area contributed by atoms with E-state index >= 15 is 0 Å². The topological polar surface area (TPSA) is 105 Å². The van der Waals surface area contributed by atoms with E-state index in [-0.39, 0.29) is 34.7 Å². The third-order valence-corrected chi connectivity index (χ3v) is 4.34. The van der Waals surface area contributed by atoms with Gasteiger partial charge in [-0.2, -0.15) is 4.98 Å². The van der Waals surface area contributed by atoms with Crippen LogP contribution in [0.15, 0.2) is 29.4 Å². The van der Waals surface area contributed by atoms with Crippen molar-refractivity contribution in [3.05, 3.63) is 35.6 Å². The maximum atomic E-state index is 13.2. The molecule has 0 radical (unpaired) electrons. The first-order chi connectivity index (χ1) is 10.3. The van der Waals surface area contributed by atoms with Gasteiger partial charge < -0.3 is 0 Å². The summed E-state index contributed by atoms with van der Waals surface area (Å²) in [5.41, 5.74) is 0.770. The number of carbonyl (C=O) groups is 1. The molecule has 1 fully saturated rings. The highest BCUT2D eigenvalue weighted by molar-refractivity contribution is 7.90. The standard InChI is InChI=1S/C13H13FN4O3S/c1-22(20,21)13-16-12(17-18-13)15-11(19)10-6-9(10)7-3-2-4-8(14)5-7/h2-5,9-10H,6H2,1H3,(H2,15,16,17,18,19)/t9-,10-/m0/s1. The molecule has 9 heteroatoms. The van der Waals surface area contributed by atoms with E-state index < -0.39 is 9.84 Å². The smallest absolute Gasteiger partial charge is 0.249 e. The van der Waals surface area contributed by atoms with Crippen LogP contribution in [0, 0.1) is 11.7 Å². The zero-order valence-corrected chi connectivity index (χ0v) is 12.4. The molecule has 1 aromatic carbocycles. The molecule has 116 valence electrons. The molecule has 22 heavy (non-hydrogen) atoms. The molecule has 1 heterocycles. The van der Waals surface area contributed by atoms with E-state index in [9.17, 15) is 17.6 Å². The number of anilines is 1. The van der Waals surface area contributed by atoms with Gasteiger partial charge in [0.1, 0.15) is 5.82 Å². The number of halogens is 1. The van der Waals surface area contributed by atoms with Crippen LogP contribution < -0.4 is 5.32 Å². The van der Waals surface area contributed by atoms with Gasteiger partial charge in [0.2, 0.25) is 26.8 Å². The van der Waals surface area contributed by atoms with E-state index in [1.54, 1.807) is 12.1 Å². The molecule has 3 rings (SSSR count). The number of amides is 1. The second-order valence-corrected chi connectivity index (χ2v) is 7.16. The molecule has 1 aliphatic carbocycles. The molecule has 2 N–H and O–H groups in total. The number of sulfone groups is 1. The molecular formula is C13H13FN4O3S. The molecule has 1 aromatic heterocycles. The highest BCUT2D eigenvalue weighted by atomic mass is 32.2. The van der Waals surface area contributed by atoms with Gasteiger partial charge >= 0.3 is 0 Å². The van der Waals surface area contributed by atoms with Crippen molar-refractivity contribution in [3.8, 4) is 0 Å². The predicted octanol–water partition coefficient (Wildman–Crippen LogP) is 1.09. The summed E-state index contributed by atoms with van der Waals surface area (Å²) in [5, 5.41) is 8.04. The van der Waals surface area contributed by atoms with Gasteiger partial charge in [0, 0.05) is 12.2 Å². The van der Waals surface area contributed by atoms with Gasteiger partial charge in [-0.1, -0.05) is 12.1 Å². The van der Waals surface area contributed by atoms with Gasteiger partial charge in [0.15, 0.2) is 0 Å². The van der Waals surface area contributed by atoms with Crippen molar-refractivity contribution in [1.82, 2.24) is 15.2 Å². The third kappa shape index (κ3) is 2.98. The van der Waals surface area contributed by atoms with Crippen LogP contribution in [0.4, 0.5) is 10.3 Å². The van der Waals surface area contributed by atoms with E-state index in [0.29, 0.717) is 6.42 Å². The molecule has 0 spiro atoms. The number of H-pyrrole nitrogens is 1. The number of nitrogens with one attached hydrogen (secondary N) is 2. The van der Waals surface area contributed by atoms with Crippen LogP contribution in [0.5, 0.6) is 0 Å². The molecule has 0 aliphatic heterocycles. The van der Waals surface area contributed by atoms with Crippen molar-refractivity contribution in [1.29, 1.82) is 0 Å². The zero-order valence-electron chi connectivity index (χ0n) is 11.6. The molecule has 7 nitrogen and oxygen atoms in total. The molecule has 1 saturated carbocycles. The van der Waals surface area contributed by atoms with Gasteiger partial charge in [0.05, 0.1) is 0 Å². The first kappa shape index (κ1) is 14.6. The molecule has 1 aliphatic rings. The fourth-order valence-electron chi connectivity index (χ4n) is 2.26. The molecule has 0 unspecified atom stereocenters. The van der Waals surface area contributed by atoms with Crippen LogP contribution in [0.3, 0.4) is 0 Å². The van der Waals surface area contributed by atoms with Crippen molar-refractivity contribution in [2.45, 2.75) is 17.5 Å². The number of aromatic amines is 1. The summed E-state index contributed by atoms with van der Waals surface area (Å²) < 4.78 is 35.7. The molecule has 0 saturated heterocycles. The van der Waals surface area contributed by atoms with Gasteiger partial charge in [-0.25, -0.2) is 17.9 Å². The quantitative estimate of drug-likeness (QED) is 0.876. The Labute approximate surface area is 125 Å². The lowest BCUT2D eigenvalue weighted by molar-refractivity contribution is -0.117. The SMILES string of the molecule is CS(=O)(=O)c1nc(NC(=O)[C@H]2C[C@H]2c2cccc(F)c2)n[nH]1. The lowest BCUT2D eigenvalue weighted by Crippen LogP contribution is -2.15. The van der Waals surface area contributed by atoms with Crippen LogP contribution >= 0.6 is 0 Å². The van der Waals surface area contributed by atoms with E-state index in [2.05, 4.69) is 20.5 Å². The number of aromatic nitrogens is 3. The van der Waals surface area contributed by atoms with Crippen LogP contribution in [0.1, 0.15) is 17.9 Å². The van der Waals surface area contributed by atoms with Crippen LogP contribution in [-0.4, -0.2) is 35.8 Å². The Morgan fingerprint density at radius 2 is 2.23 bits per heavy atom. The Kier molecular flexibility index (Phi) is 3.44. The Morgan fingerprint density at radius 1 is 1.45 bits per heavy atom. The number of benzene rings is 1. The summed E-state index contributed by atoms with van der Waals surface area (Å²) in [7, 11) is -3.50. The van der Waals surface area contributed by atoms with Crippen LogP contribution in [-0.2, 0) is 14.6 Å². The first-order valence-corrected chi connectivity index (χ1v) is 8.42. The average molecular weight is 324 g/mol. The fourth-order valence-corrected chi connectivity index (χ4v) is 2.73. The summed E-state index contributed by atoms with van der Waals surface area (Å²) in [6.07, 6.45) is 1.60. The Bertz CT molecular complexity index is 833. The zero-order chi connectivity index (χ0) is 15.9. The van der Waals surface area contributed by atoms with Crippen molar-refractivity contribution >= 4 is 21.7 Å². The summed E-state index contributed by atoms with van der Waals surface area (Å²) in [4.78, 5) is 15.8. The minimum Gasteiger partial charge on any atom is -0.293 e. The fraction of sp³-hybridized carbons (Fsp3) is 0.308. The number of hydrogen-bond donors (Lipinski definition) is 2. The van der Waals surface area contributed by atoms with Gasteiger partial charge in [0.25, 0.3) is 0 Å². The normalized spacial score (nSPS) is 20.6. The Morgan fingerprint density at radius 3 is 2.86 bits per heavy atom.